The minimum atomic E-state index is -3.42. The summed E-state index contributed by atoms with van der Waals surface area (Å²) in [5, 5.41) is 0. The summed E-state index contributed by atoms with van der Waals surface area (Å²) >= 11 is 1.33. The number of hydrogen-bond acceptors (Lipinski definition) is 6. The molecule has 0 atom stereocenters. The molecule has 3 rings (SSSR count). The SMILES string of the molecule is CN(CC(=O)N=c1sc2cc3c(cc2n1C)OCCO3)S(C)(=O)=O. The standard InChI is InChI=1S/C14H17N3O5S2/c1-16(24(3,19)20)8-13(18)15-14-17(2)9-6-10-11(7-12(9)23-14)22-5-4-21-10/h6-7H,4-5,8H2,1-3H3. The number of aryl methyl sites for hydroxylation is 1. The monoisotopic (exact) mass is 371 g/mol. The van der Waals surface area contributed by atoms with Gasteiger partial charge in [-0.05, 0) is 0 Å². The minimum absolute atomic E-state index is 0.296. The number of benzene rings is 1. The van der Waals surface area contributed by atoms with Crippen LogP contribution >= 0.6 is 11.3 Å². The van der Waals surface area contributed by atoms with Crippen molar-refractivity contribution in [3.8, 4) is 11.5 Å². The van der Waals surface area contributed by atoms with Crippen molar-refractivity contribution in [2.24, 2.45) is 12.0 Å². The number of rotatable bonds is 3. The van der Waals surface area contributed by atoms with Crippen LogP contribution in [-0.4, -0.2) is 56.3 Å². The molecule has 0 saturated heterocycles. The van der Waals surface area contributed by atoms with Gasteiger partial charge in [0.2, 0.25) is 10.0 Å². The lowest BCUT2D eigenvalue weighted by molar-refractivity contribution is -0.118. The van der Waals surface area contributed by atoms with Crippen LogP contribution in [0.25, 0.3) is 10.2 Å². The number of thiazole rings is 1. The number of fused-ring (bicyclic) bond motifs is 2. The average molecular weight is 371 g/mol. The number of carbonyl (C=O) groups excluding carboxylic acids is 1. The Hall–Kier alpha value is -1.91. The predicted molar refractivity (Wildman–Crippen MR) is 89.8 cm³/mol. The topological polar surface area (TPSA) is 90.2 Å². The molecule has 0 aliphatic carbocycles. The first-order valence-corrected chi connectivity index (χ1v) is 9.80. The average Bonchev–Trinajstić information content (AvgIpc) is 2.80. The lowest BCUT2D eigenvalue weighted by Crippen LogP contribution is -2.31. The van der Waals surface area contributed by atoms with Crippen LogP contribution in [0, 0.1) is 0 Å². The molecule has 0 fully saturated rings. The van der Waals surface area contributed by atoms with Gasteiger partial charge in [0.15, 0.2) is 16.3 Å². The fraction of sp³-hybridized carbons (Fsp3) is 0.429. The highest BCUT2D eigenvalue weighted by Crippen LogP contribution is 2.35. The van der Waals surface area contributed by atoms with Gasteiger partial charge in [0.1, 0.15) is 13.2 Å². The van der Waals surface area contributed by atoms with Gasteiger partial charge in [0.05, 0.1) is 23.0 Å². The van der Waals surface area contributed by atoms with Gasteiger partial charge in [-0.1, -0.05) is 11.3 Å². The van der Waals surface area contributed by atoms with E-state index in [9.17, 15) is 13.2 Å². The number of hydrogen-bond donors (Lipinski definition) is 0. The van der Waals surface area contributed by atoms with Crippen LogP contribution in [0.15, 0.2) is 17.1 Å². The van der Waals surface area contributed by atoms with Crippen molar-refractivity contribution < 1.29 is 22.7 Å². The third kappa shape index (κ3) is 3.30. The normalized spacial score (nSPS) is 15.2. The van der Waals surface area contributed by atoms with Crippen LogP contribution in [0.4, 0.5) is 0 Å². The number of ether oxygens (including phenoxy) is 2. The molecule has 2 aromatic rings. The first kappa shape index (κ1) is 16.9. The molecule has 1 aromatic heterocycles. The molecule has 8 nitrogen and oxygen atoms in total. The molecule has 0 bridgehead atoms. The van der Waals surface area contributed by atoms with E-state index in [-0.39, 0.29) is 6.54 Å². The summed E-state index contributed by atoms with van der Waals surface area (Å²) in [7, 11) is -0.283. The van der Waals surface area contributed by atoms with Crippen LogP contribution in [0.5, 0.6) is 11.5 Å². The summed E-state index contributed by atoms with van der Waals surface area (Å²) < 4.78 is 37.5. The highest BCUT2D eigenvalue weighted by molar-refractivity contribution is 7.88. The molecule has 24 heavy (non-hydrogen) atoms. The zero-order valence-corrected chi connectivity index (χ0v) is 15.1. The van der Waals surface area contributed by atoms with E-state index < -0.39 is 15.9 Å². The Balaban J connectivity index is 1.97. The quantitative estimate of drug-likeness (QED) is 0.776. The summed E-state index contributed by atoms with van der Waals surface area (Å²) in [4.78, 5) is 16.5. The molecule has 130 valence electrons. The largest absolute Gasteiger partial charge is 0.486 e. The van der Waals surface area contributed by atoms with Crippen LogP contribution in [0.3, 0.4) is 0 Å². The molecule has 1 aliphatic heterocycles. The van der Waals surface area contributed by atoms with Crippen molar-refractivity contribution in [2.45, 2.75) is 0 Å². The second kappa shape index (κ2) is 6.19. The van der Waals surface area contributed by atoms with E-state index >= 15 is 0 Å². The van der Waals surface area contributed by atoms with Crippen LogP contribution < -0.4 is 14.3 Å². The molecular formula is C14H17N3O5S2. The van der Waals surface area contributed by atoms with Crippen molar-refractivity contribution in [3.05, 3.63) is 16.9 Å². The van der Waals surface area contributed by atoms with E-state index in [0.29, 0.717) is 29.5 Å². The molecule has 2 heterocycles. The second-order valence-corrected chi connectivity index (χ2v) is 8.53. The molecule has 0 radical (unpaired) electrons. The molecule has 1 aliphatic rings. The summed E-state index contributed by atoms with van der Waals surface area (Å²) in [6, 6.07) is 3.72. The molecule has 1 aromatic carbocycles. The third-order valence-electron chi connectivity index (χ3n) is 3.62. The van der Waals surface area contributed by atoms with E-state index in [0.717, 1.165) is 20.8 Å². The Morgan fingerprint density at radius 2 is 1.96 bits per heavy atom. The van der Waals surface area contributed by atoms with Gasteiger partial charge in [-0.2, -0.15) is 9.30 Å². The predicted octanol–water partition coefficient (Wildman–Crippen LogP) is 0.330. The summed E-state index contributed by atoms with van der Waals surface area (Å²) in [5.41, 5.74) is 0.868. The summed E-state index contributed by atoms with van der Waals surface area (Å²) in [5.74, 6) is 0.810. The van der Waals surface area contributed by atoms with Crippen LogP contribution in [-0.2, 0) is 21.9 Å². The first-order valence-electron chi connectivity index (χ1n) is 7.14. The molecule has 10 heteroatoms. The van der Waals surface area contributed by atoms with E-state index in [1.807, 2.05) is 12.1 Å². The molecule has 0 unspecified atom stereocenters. The maximum Gasteiger partial charge on any atom is 0.263 e. The van der Waals surface area contributed by atoms with E-state index in [4.69, 9.17) is 9.47 Å². The second-order valence-electron chi connectivity index (χ2n) is 5.43. The lowest BCUT2D eigenvalue weighted by Gasteiger charge is -2.18. The number of nitrogens with zero attached hydrogens (tertiary/aromatic N) is 3. The van der Waals surface area contributed by atoms with Crippen molar-refractivity contribution in [1.82, 2.24) is 8.87 Å². The Morgan fingerprint density at radius 1 is 1.33 bits per heavy atom. The van der Waals surface area contributed by atoms with Crippen LogP contribution in [0.2, 0.25) is 0 Å². The number of likely N-dealkylation sites (N-methyl/N-ethyl adjacent to an activating group) is 1. The summed E-state index contributed by atoms with van der Waals surface area (Å²) in [6.45, 7) is 0.708. The van der Waals surface area contributed by atoms with Crippen LogP contribution in [0.1, 0.15) is 0 Å². The van der Waals surface area contributed by atoms with E-state index in [2.05, 4.69) is 4.99 Å². The van der Waals surface area contributed by atoms with Gasteiger partial charge < -0.3 is 14.0 Å². The Bertz CT molecular complexity index is 974. The zero-order chi connectivity index (χ0) is 17.5. The maximum absolute atomic E-state index is 12.0. The van der Waals surface area contributed by atoms with Crippen molar-refractivity contribution in [3.63, 3.8) is 0 Å². The fourth-order valence-corrected chi connectivity index (χ4v) is 3.61. The lowest BCUT2D eigenvalue weighted by atomic mass is 10.3. The third-order valence-corrected chi connectivity index (χ3v) is 5.97. The van der Waals surface area contributed by atoms with Crippen molar-refractivity contribution >= 4 is 37.5 Å². The maximum atomic E-state index is 12.0. The highest BCUT2D eigenvalue weighted by Gasteiger charge is 2.17. The smallest absolute Gasteiger partial charge is 0.263 e. The van der Waals surface area contributed by atoms with Gasteiger partial charge in [0, 0.05) is 26.2 Å². The Kier molecular flexibility index (Phi) is 4.37. The van der Waals surface area contributed by atoms with Gasteiger partial charge in [0.25, 0.3) is 5.91 Å². The van der Waals surface area contributed by atoms with E-state index in [1.54, 1.807) is 11.6 Å². The van der Waals surface area contributed by atoms with Gasteiger partial charge in [-0.3, -0.25) is 4.79 Å². The van der Waals surface area contributed by atoms with Crippen molar-refractivity contribution in [2.75, 3.05) is 33.1 Å². The molecule has 0 spiro atoms. The Labute approximate surface area is 143 Å². The minimum Gasteiger partial charge on any atom is -0.486 e. The van der Waals surface area contributed by atoms with Crippen molar-refractivity contribution in [1.29, 1.82) is 0 Å². The molecule has 1 amide bonds. The molecular weight excluding hydrogens is 354 g/mol. The number of amides is 1. The molecule has 0 saturated carbocycles. The first-order chi connectivity index (χ1) is 11.3. The zero-order valence-electron chi connectivity index (χ0n) is 13.5. The number of sulfonamides is 1. The highest BCUT2D eigenvalue weighted by atomic mass is 32.2. The fourth-order valence-electron chi connectivity index (χ4n) is 2.22. The number of carbonyl (C=O) groups is 1. The van der Waals surface area contributed by atoms with Gasteiger partial charge in [-0.25, -0.2) is 8.42 Å². The number of aromatic nitrogens is 1. The van der Waals surface area contributed by atoms with Gasteiger partial charge in [-0.15, -0.1) is 0 Å². The van der Waals surface area contributed by atoms with Gasteiger partial charge >= 0.3 is 0 Å². The van der Waals surface area contributed by atoms with E-state index in [1.165, 1.54) is 18.4 Å². The Morgan fingerprint density at radius 3 is 2.58 bits per heavy atom. The summed E-state index contributed by atoms with van der Waals surface area (Å²) in [6.07, 6.45) is 1.05. The molecule has 0 N–H and O–H groups in total.